The van der Waals surface area contributed by atoms with Gasteiger partial charge < -0.3 is 38.7 Å². The highest BCUT2D eigenvalue weighted by molar-refractivity contribution is 6.17. The first-order valence-corrected chi connectivity index (χ1v) is 16.7. The third-order valence-corrected chi connectivity index (χ3v) is 10.4. The van der Waals surface area contributed by atoms with E-state index in [4.69, 9.17) is 53.7 Å². The molecule has 4 aliphatic carbocycles. The van der Waals surface area contributed by atoms with Gasteiger partial charge in [-0.25, -0.2) is 9.69 Å². The van der Waals surface area contributed by atoms with Gasteiger partial charge in [-0.3, -0.25) is 0 Å². The molecular weight excluding hydrogens is 671 g/mol. The van der Waals surface area contributed by atoms with Gasteiger partial charge in [0.05, 0.1) is 25.4 Å². The summed E-state index contributed by atoms with van der Waals surface area (Å²) in [6.45, 7) is 26.5. The van der Waals surface area contributed by atoms with Crippen molar-refractivity contribution in [3.05, 3.63) is 46.4 Å². The predicted octanol–water partition coefficient (Wildman–Crippen LogP) is 8.30. The van der Waals surface area contributed by atoms with E-state index in [0.29, 0.717) is 12.1 Å². The van der Waals surface area contributed by atoms with Crippen LogP contribution in [0.25, 0.3) is 9.69 Å². The largest absolute Gasteiger partial charge is 0.400 e. The second-order valence-electron chi connectivity index (χ2n) is 13.5. The van der Waals surface area contributed by atoms with Crippen LogP contribution in [0.2, 0.25) is 0 Å². The fourth-order valence-corrected chi connectivity index (χ4v) is 7.67. The number of hydrogen-bond acceptors (Lipinski definition) is 8. The first kappa shape index (κ1) is 47.1. The molecule has 0 aliphatic heterocycles. The Morgan fingerprint density at radius 2 is 1.14 bits per heavy atom. The fourth-order valence-electron chi connectivity index (χ4n) is 7.67. The molecule has 0 saturated heterocycles. The predicted molar refractivity (Wildman–Crippen MR) is 198 cm³/mol. The summed E-state index contributed by atoms with van der Waals surface area (Å²) in [6, 6.07) is 0.583. The number of hydrogen-bond donors (Lipinski definition) is 2. The van der Waals surface area contributed by atoms with Crippen molar-refractivity contribution < 1.29 is 41.5 Å². The molecule has 12 heteroatoms. The number of aliphatic hydroxyl groups excluding tert-OH is 2. The zero-order valence-electron chi connectivity index (χ0n) is 33.8. The van der Waals surface area contributed by atoms with Gasteiger partial charge in [-0.2, -0.15) is 0 Å². The third kappa shape index (κ3) is 12.1. The SMILES string of the molecule is CO.COCCl.COCCl.[3H]C.[3H]C.[C-]#[N+]C1=C[C@]2(C)[C@@H](O)CCC[C@H]2C(C)(C)C1=O.[C-]#[N+]C1=C[C@]2(C)[C@@H](OCOC)CCC[C@H]2C(C)(C)C1=O. The highest BCUT2D eigenvalue weighted by Crippen LogP contribution is 2.57. The Kier molecular flexibility index (Phi) is 22.7. The van der Waals surface area contributed by atoms with E-state index in [1.54, 1.807) is 27.4 Å². The van der Waals surface area contributed by atoms with Crippen LogP contribution in [-0.4, -0.2) is 81.4 Å². The van der Waals surface area contributed by atoms with E-state index in [-0.39, 0.29) is 53.1 Å². The Morgan fingerprint density at radius 3 is 1.51 bits per heavy atom. The standard InChI is InChI=1S/C16H23NO3.C14H19NO2.2C2H5ClO.CH4O.2CH4/c1-15(2)12-7-6-8-13(20-10-19-5)16(12,3)9-11(17-4)14(15)18;1-13(2)10-6-5-7-11(16)14(10,3)8-9(15-4)12(13)17;2*1-4-2-3;1-2;;/h9,12-13H,6-8,10H2,1-3,5H3;8,10-11,16H,5-7H2,1-3H3;2*2H2,1H3;2H,1H3;2*1H4/t12-,13-,16-;10-,11-,14-;;;;;/m00...../s1/i;;;;;2*1T. The zero-order chi connectivity index (χ0) is 40.6. The van der Waals surface area contributed by atoms with Crippen molar-refractivity contribution in [2.75, 3.05) is 47.4 Å². The van der Waals surface area contributed by atoms with E-state index < -0.39 is 22.3 Å². The Hall–Kier alpha value is -1.86. The number of halogens is 2. The van der Waals surface area contributed by atoms with Gasteiger partial charge >= 0.3 is 0 Å². The van der Waals surface area contributed by atoms with Gasteiger partial charge in [0.25, 0.3) is 0 Å². The molecule has 0 aromatic carbocycles. The molecule has 0 aromatic rings. The molecule has 0 radical (unpaired) electrons. The molecule has 0 bridgehead atoms. The normalized spacial score (nSPS) is 30.2. The molecule has 0 unspecified atom stereocenters. The van der Waals surface area contributed by atoms with Gasteiger partial charge in [0.2, 0.25) is 11.4 Å². The summed E-state index contributed by atoms with van der Waals surface area (Å²) < 4.78 is 31.0. The lowest BCUT2D eigenvalue weighted by molar-refractivity contribution is -0.157. The summed E-state index contributed by atoms with van der Waals surface area (Å²) in [5.41, 5.74) is -1.26. The number of methoxy groups -OCH3 is 3. The van der Waals surface area contributed by atoms with Crippen molar-refractivity contribution in [3.63, 3.8) is 0 Å². The van der Waals surface area contributed by atoms with Crippen LogP contribution in [0.15, 0.2) is 23.5 Å². The van der Waals surface area contributed by atoms with Gasteiger partial charge in [-0.15, -0.1) is 0 Å². The maximum Gasteiger partial charge on any atom is 0.226 e. The molecule has 49 heavy (non-hydrogen) atoms. The second-order valence-corrected chi connectivity index (χ2v) is 13.9. The molecule has 2 N–H and O–H groups in total. The van der Waals surface area contributed by atoms with Crippen LogP contribution in [0.1, 0.15) is 97.6 Å². The van der Waals surface area contributed by atoms with Gasteiger partial charge in [0.1, 0.15) is 18.9 Å². The van der Waals surface area contributed by atoms with E-state index in [9.17, 15) is 14.7 Å². The number of alkyl halides is 2. The Morgan fingerprint density at radius 1 is 0.776 bits per heavy atom. The van der Waals surface area contributed by atoms with E-state index in [2.05, 4.69) is 26.1 Å². The van der Waals surface area contributed by atoms with E-state index in [1.807, 2.05) is 40.7 Å². The minimum absolute atomic E-state index is 0.00493. The first-order valence-electron chi connectivity index (χ1n) is 17.7. The van der Waals surface area contributed by atoms with Crippen LogP contribution >= 0.6 is 23.2 Å². The number of aliphatic hydroxyl groups is 2. The maximum atomic E-state index is 12.4. The summed E-state index contributed by atoms with van der Waals surface area (Å²) in [5.74, 6) is 0.256. The Labute approximate surface area is 309 Å². The molecule has 284 valence electrons. The van der Waals surface area contributed by atoms with Crippen LogP contribution in [-0.2, 0) is 28.5 Å². The summed E-state index contributed by atoms with van der Waals surface area (Å²) in [4.78, 5) is 31.5. The second kappa shape index (κ2) is 23.6. The molecule has 2 saturated carbocycles. The van der Waals surface area contributed by atoms with Crippen LogP contribution in [0.3, 0.4) is 0 Å². The average molecular weight is 740 g/mol. The number of allylic oxidation sites excluding steroid dienone is 2. The molecule has 0 amide bonds. The van der Waals surface area contributed by atoms with Crippen molar-refractivity contribution in [2.24, 2.45) is 33.5 Å². The number of fused-ring (bicyclic) bond motifs is 2. The van der Waals surface area contributed by atoms with Gasteiger partial charge in [-0.05, 0) is 37.5 Å². The third-order valence-electron chi connectivity index (χ3n) is 9.96. The summed E-state index contributed by atoms with van der Waals surface area (Å²) in [6.07, 6.45) is 8.82. The number of rotatable bonds is 5. The van der Waals surface area contributed by atoms with Crippen LogP contribution in [0, 0.1) is 46.6 Å². The molecule has 0 aromatic heterocycles. The van der Waals surface area contributed by atoms with E-state index in [1.165, 1.54) is 14.8 Å². The van der Waals surface area contributed by atoms with Gasteiger partial charge in [0.15, 0.2) is 11.6 Å². The number of carbonyl (C=O) groups excluding carboxylic acids is 2. The molecule has 0 heterocycles. The topological polar surface area (TPSA) is 120 Å². The van der Waals surface area contributed by atoms with Crippen LogP contribution < -0.4 is 0 Å². The lowest BCUT2D eigenvalue weighted by Crippen LogP contribution is -2.54. The van der Waals surface area contributed by atoms with Gasteiger partial charge in [0, 0.05) is 52.8 Å². The number of carbonyl (C=O) groups is 2. The molecule has 6 atom stereocenters. The first-order chi connectivity index (χ1) is 24.0. The van der Waals surface area contributed by atoms with Crippen molar-refractivity contribution in [1.29, 1.82) is 0 Å². The fraction of sp³-hybridized carbons (Fsp3) is 0.784. The smallest absolute Gasteiger partial charge is 0.226 e. The summed E-state index contributed by atoms with van der Waals surface area (Å²) >= 11 is 9.93. The molecule has 4 rings (SSSR count). The maximum absolute atomic E-state index is 12.4. The lowest BCUT2D eigenvalue weighted by atomic mass is 9.52. The van der Waals surface area contributed by atoms with Crippen molar-refractivity contribution in [2.45, 2.75) is 107 Å². The number of Topliss-reactive ketones (excluding diaryl/α,β-unsaturated/α-hetero) is 2. The molecule has 10 nitrogen and oxygen atoms in total. The zero-order valence-corrected chi connectivity index (χ0v) is 33.3. The number of ketones is 2. The summed E-state index contributed by atoms with van der Waals surface area (Å²) in [5, 5.41) is 17.2. The highest BCUT2D eigenvalue weighted by Gasteiger charge is 2.56. The average Bonchev–Trinajstić information content (AvgIpc) is 3.14. The highest BCUT2D eigenvalue weighted by atomic mass is 35.5. The molecule has 2 fully saturated rings. The minimum Gasteiger partial charge on any atom is -0.400 e. The minimum atomic E-state index is -0.537. The van der Waals surface area contributed by atoms with Crippen molar-refractivity contribution in [1.82, 2.24) is 0 Å². The van der Waals surface area contributed by atoms with Crippen molar-refractivity contribution in [3.8, 4) is 0 Å². The molecule has 4 aliphatic rings. The monoisotopic (exact) mass is 738 g/mol. The molecular formula is C37H64Cl2N2O8. The number of ether oxygens (including phenoxy) is 4. The summed E-state index contributed by atoms with van der Waals surface area (Å²) in [7, 11) is 8.21. The van der Waals surface area contributed by atoms with Crippen LogP contribution in [0.5, 0.6) is 0 Å². The van der Waals surface area contributed by atoms with Crippen molar-refractivity contribution >= 4 is 34.8 Å². The van der Waals surface area contributed by atoms with Crippen LogP contribution in [0.4, 0.5) is 0 Å². The van der Waals surface area contributed by atoms with E-state index >= 15 is 0 Å². The molecule has 0 spiro atoms. The Bertz CT molecular complexity index is 1160. The Balaban J connectivity index is -0.000000670. The van der Waals surface area contributed by atoms with E-state index in [0.717, 1.165) is 45.6 Å². The number of nitrogens with zero attached hydrogens (tertiary/aromatic N) is 2. The lowest BCUT2D eigenvalue weighted by Gasteiger charge is -2.53. The quantitative estimate of drug-likeness (QED) is 0.164. The van der Waals surface area contributed by atoms with Gasteiger partial charge in [-0.1, -0.05) is 105 Å².